The van der Waals surface area contributed by atoms with Gasteiger partial charge in [-0.3, -0.25) is 4.90 Å². The van der Waals surface area contributed by atoms with E-state index in [-0.39, 0.29) is 0 Å². The molecule has 1 aliphatic rings. The van der Waals surface area contributed by atoms with E-state index in [1.54, 1.807) is 0 Å². The first-order valence-electron chi connectivity index (χ1n) is 7.89. The maximum Gasteiger partial charge on any atom is 0.0595 e. The van der Waals surface area contributed by atoms with Gasteiger partial charge in [0.05, 0.1) is 10.0 Å². The molecule has 1 aromatic carbocycles. The van der Waals surface area contributed by atoms with Gasteiger partial charge in [-0.25, -0.2) is 0 Å². The van der Waals surface area contributed by atoms with Gasteiger partial charge in [-0.15, -0.1) is 0 Å². The maximum absolute atomic E-state index is 6.18. The summed E-state index contributed by atoms with van der Waals surface area (Å²) < 4.78 is 0. The van der Waals surface area contributed by atoms with Crippen LogP contribution in [0.4, 0.5) is 0 Å². The summed E-state index contributed by atoms with van der Waals surface area (Å²) in [4.78, 5) is 2.56. The summed E-state index contributed by atoms with van der Waals surface area (Å²) in [5, 5.41) is 4.87. The van der Waals surface area contributed by atoms with E-state index in [0.29, 0.717) is 28.0 Å². The lowest BCUT2D eigenvalue weighted by Crippen LogP contribution is -2.40. The minimum atomic E-state index is 0.351. The zero-order valence-corrected chi connectivity index (χ0v) is 14.7. The molecule has 0 spiro atoms. The molecule has 2 rings (SSSR count). The molecule has 0 amide bonds. The third-order valence-electron chi connectivity index (χ3n) is 4.19. The average Bonchev–Trinajstić information content (AvgIpc) is 2.93. The molecule has 2 nitrogen and oxygen atoms in total. The molecular formula is C17H26Cl2N2. The average molecular weight is 329 g/mol. The van der Waals surface area contributed by atoms with Gasteiger partial charge in [0, 0.05) is 25.2 Å². The lowest BCUT2D eigenvalue weighted by atomic mass is 10.0. The Morgan fingerprint density at radius 3 is 2.57 bits per heavy atom. The highest BCUT2D eigenvalue weighted by Crippen LogP contribution is 2.29. The Bertz CT molecular complexity index is 456. The Morgan fingerprint density at radius 2 is 2.00 bits per heavy atom. The number of nitrogens with zero attached hydrogens (tertiary/aromatic N) is 1. The van der Waals surface area contributed by atoms with Gasteiger partial charge in [0.2, 0.25) is 0 Å². The molecule has 0 bridgehead atoms. The van der Waals surface area contributed by atoms with Crippen molar-refractivity contribution in [1.29, 1.82) is 0 Å². The smallest absolute Gasteiger partial charge is 0.0595 e. The van der Waals surface area contributed by atoms with Crippen molar-refractivity contribution >= 4 is 23.2 Å². The summed E-state index contributed by atoms with van der Waals surface area (Å²) in [6.45, 7) is 10.2. The van der Waals surface area contributed by atoms with E-state index >= 15 is 0 Å². The topological polar surface area (TPSA) is 15.3 Å². The van der Waals surface area contributed by atoms with Gasteiger partial charge >= 0.3 is 0 Å². The number of rotatable bonds is 6. The first kappa shape index (κ1) is 17.1. The molecule has 0 saturated carbocycles. The van der Waals surface area contributed by atoms with Crippen LogP contribution in [0.3, 0.4) is 0 Å². The van der Waals surface area contributed by atoms with E-state index in [1.165, 1.54) is 18.4 Å². The highest BCUT2D eigenvalue weighted by Gasteiger charge is 2.23. The lowest BCUT2D eigenvalue weighted by molar-refractivity contribution is 0.171. The van der Waals surface area contributed by atoms with Crippen molar-refractivity contribution in [3.05, 3.63) is 33.8 Å². The molecule has 1 N–H and O–H groups in total. The molecule has 0 radical (unpaired) electrons. The second-order valence-electron chi connectivity index (χ2n) is 6.49. The van der Waals surface area contributed by atoms with Crippen molar-refractivity contribution in [3.63, 3.8) is 0 Å². The van der Waals surface area contributed by atoms with Gasteiger partial charge in [-0.05, 0) is 49.9 Å². The monoisotopic (exact) mass is 328 g/mol. The summed E-state index contributed by atoms with van der Waals surface area (Å²) in [7, 11) is 0. The summed E-state index contributed by atoms with van der Waals surface area (Å²) in [6, 6.07) is 6.97. The largest absolute Gasteiger partial charge is 0.313 e. The Kier molecular flexibility index (Phi) is 6.36. The third-order valence-corrected chi connectivity index (χ3v) is 4.93. The molecule has 1 saturated heterocycles. The summed E-state index contributed by atoms with van der Waals surface area (Å²) in [5.74, 6) is 0.650. The van der Waals surface area contributed by atoms with Crippen LogP contribution in [0.5, 0.6) is 0 Å². The van der Waals surface area contributed by atoms with Crippen LogP contribution in [-0.4, -0.2) is 30.6 Å². The van der Waals surface area contributed by atoms with Crippen molar-refractivity contribution in [1.82, 2.24) is 10.2 Å². The summed E-state index contributed by atoms with van der Waals surface area (Å²) in [5.41, 5.74) is 1.24. The first-order valence-corrected chi connectivity index (χ1v) is 8.65. The van der Waals surface area contributed by atoms with Crippen LogP contribution in [0, 0.1) is 5.92 Å². The molecule has 1 fully saturated rings. The molecule has 118 valence electrons. The van der Waals surface area contributed by atoms with E-state index in [1.807, 2.05) is 12.1 Å². The first-order chi connectivity index (χ1) is 9.97. The fraction of sp³-hybridized carbons (Fsp3) is 0.647. The molecule has 2 atom stereocenters. The predicted octanol–water partition coefficient (Wildman–Crippen LogP) is 4.76. The fourth-order valence-electron chi connectivity index (χ4n) is 3.04. The Labute approximate surface area is 138 Å². The second-order valence-corrected chi connectivity index (χ2v) is 7.30. The van der Waals surface area contributed by atoms with Gasteiger partial charge in [0.1, 0.15) is 0 Å². The quantitative estimate of drug-likeness (QED) is 0.809. The maximum atomic E-state index is 6.18. The number of hydrogen-bond acceptors (Lipinski definition) is 2. The molecule has 1 aromatic rings. The van der Waals surface area contributed by atoms with Crippen LogP contribution in [-0.2, 0) is 0 Å². The van der Waals surface area contributed by atoms with Gasteiger partial charge in [-0.1, -0.05) is 43.1 Å². The van der Waals surface area contributed by atoms with Crippen LogP contribution in [0.1, 0.15) is 45.2 Å². The van der Waals surface area contributed by atoms with Crippen LogP contribution < -0.4 is 5.32 Å². The Balaban J connectivity index is 2.11. The molecule has 0 aliphatic carbocycles. The van der Waals surface area contributed by atoms with E-state index in [2.05, 4.69) is 37.1 Å². The van der Waals surface area contributed by atoms with Gasteiger partial charge in [-0.2, -0.15) is 0 Å². The van der Waals surface area contributed by atoms with Crippen molar-refractivity contribution in [2.24, 2.45) is 5.92 Å². The van der Waals surface area contributed by atoms with Crippen molar-refractivity contribution in [3.8, 4) is 0 Å². The molecular weight excluding hydrogens is 303 g/mol. The number of halogens is 2. The SMILES string of the molecule is CC(C)CN(CC1CCCN1)C(C)c1ccc(Cl)c(Cl)c1. The predicted molar refractivity (Wildman–Crippen MR) is 92.3 cm³/mol. The normalized spacial score (nSPS) is 20.4. The Morgan fingerprint density at radius 1 is 1.24 bits per heavy atom. The van der Waals surface area contributed by atoms with E-state index in [4.69, 9.17) is 23.2 Å². The van der Waals surface area contributed by atoms with Crippen LogP contribution in [0.25, 0.3) is 0 Å². The molecule has 4 heteroatoms. The lowest BCUT2D eigenvalue weighted by Gasteiger charge is -2.33. The highest BCUT2D eigenvalue weighted by molar-refractivity contribution is 6.42. The molecule has 2 unspecified atom stereocenters. The third kappa shape index (κ3) is 4.85. The van der Waals surface area contributed by atoms with E-state index < -0.39 is 0 Å². The van der Waals surface area contributed by atoms with E-state index in [0.717, 1.165) is 19.6 Å². The zero-order chi connectivity index (χ0) is 15.4. The van der Waals surface area contributed by atoms with Gasteiger partial charge < -0.3 is 5.32 Å². The summed E-state index contributed by atoms with van der Waals surface area (Å²) in [6.07, 6.45) is 2.57. The standard InChI is InChI=1S/C17H26Cl2N2/c1-12(2)10-21(11-15-5-4-8-20-15)13(3)14-6-7-16(18)17(19)9-14/h6-7,9,12-13,15,20H,4-5,8,10-11H2,1-3H3. The molecule has 0 aromatic heterocycles. The zero-order valence-electron chi connectivity index (χ0n) is 13.2. The van der Waals surface area contributed by atoms with Crippen molar-refractivity contribution < 1.29 is 0 Å². The van der Waals surface area contributed by atoms with Crippen LogP contribution >= 0.6 is 23.2 Å². The van der Waals surface area contributed by atoms with Crippen LogP contribution in [0.2, 0.25) is 10.0 Å². The second kappa shape index (κ2) is 7.82. The number of hydrogen-bond donors (Lipinski definition) is 1. The van der Waals surface area contributed by atoms with Crippen LogP contribution in [0.15, 0.2) is 18.2 Å². The van der Waals surface area contributed by atoms with Gasteiger partial charge in [0.25, 0.3) is 0 Å². The highest BCUT2D eigenvalue weighted by atomic mass is 35.5. The molecule has 1 aliphatic heterocycles. The number of benzene rings is 1. The fourth-order valence-corrected chi connectivity index (χ4v) is 3.34. The summed E-state index contributed by atoms with van der Waals surface area (Å²) >= 11 is 12.2. The number of nitrogens with one attached hydrogen (secondary N) is 1. The minimum Gasteiger partial charge on any atom is -0.313 e. The minimum absolute atomic E-state index is 0.351. The van der Waals surface area contributed by atoms with Gasteiger partial charge in [0.15, 0.2) is 0 Å². The molecule has 1 heterocycles. The molecule has 21 heavy (non-hydrogen) atoms. The van der Waals surface area contributed by atoms with Crippen molar-refractivity contribution in [2.75, 3.05) is 19.6 Å². The van der Waals surface area contributed by atoms with Crippen molar-refractivity contribution in [2.45, 2.75) is 45.7 Å². The van der Waals surface area contributed by atoms with E-state index in [9.17, 15) is 0 Å². The Hall–Kier alpha value is -0.280.